The summed E-state index contributed by atoms with van der Waals surface area (Å²) in [6.45, 7) is 3.62. The molecule has 6 heteroatoms. The van der Waals surface area contributed by atoms with Crippen molar-refractivity contribution in [1.82, 2.24) is 5.32 Å². The third kappa shape index (κ3) is 3.52. The quantitative estimate of drug-likeness (QED) is 0.845. The van der Waals surface area contributed by atoms with Crippen LogP contribution in [0.2, 0.25) is 0 Å². The Hall–Kier alpha value is -2.08. The summed E-state index contributed by atoms with van der Waals surface area (Å²) in [4.78, 5) is 23.2. The molecule has 1 aliphatic heterocycles. The van der Waals surface area contributed by atoms with Gasteiger partial charge in [-0.2, -0.15) is 0 Å². The molecule has 2 atom stereocenters. The maximum Gasteiger partial charge on any atom is 0.313 e. The summed E-state index contributed by atoms with van der Waals surface area (Å²) in [6.07, 6.45) is 0. The third-order valence-electron chi connectivity index (χ3n) is 3.64. The van der Waals surface area contributed by atoms with E-state index < -0.39 is 17.4 Å². The molecule has 114 valence electrons. The SMILES string of the molecule is Cc1cccc(OCC(=O)NC2COCC2(C)C(=O)O)c1. The van der Waals surface area contributed by atoms with E-state index in [4.69, 9.17) is 9.47 Å². The predicted octanol–water partition coefficient (Wildman–Crippen LogP) is 0.980. The van der Waals surface area contributed by atoms with Crippen molar-refractivity contribution in [3.05, 3.63) is 29.8 Å². The van der Waals surface area contributed by atoms with E-state index in [1.165, 1.54) is 0 Å². The number of rotatable bonds is 5. The van der Waals surface area contributed by atoms with Crippen LogP contribution in [-0.4, -0.2) is 42.8 Å². The Morgan fingerprint density at radius 1 is 1.52 bits per heavy atom. The minimum Gasteiger partial charge on any atom is -0.484 e. The molecule has 1 aromatic carbocycles. The molecule has 0 aromatic heterocycles. The molecule has 1 aromatic rings. The Morgan fingerprint density at radius 3 is 2.95 bits per heavy atom. The first-order chi connectivity index (χ1) is 9.91. The second-order valence-corrected chi connectivity index (χ2v) is 5.46. The number of hydrogen-bond donors (Lipinski definition) is 2. The van der Waals surface area contributed by atoms with Crippen LogP contribution in [0.5, 0.6) is 5.75 Å². The van der Waals surface area contributed by atoms with Crippen molar-refractivity contribution >= 4 is 11.9 Å². The predicted molar refractivity (Wildman–Crippen MR) is 75.2 cm³/mol. The van der Waals surface area contributed by atoms with Crippen molar-refractivity contribution in [3.63, 3.8) is 0 Å². The Labute approximate surface area is 123 Å². The van der Waals surface area contributed by atoms with Gasteiger partial charge in [0, 0.05) is 0 Å². The lowest BCUT2D eigenvalue weighted by Crippen LogP contribution is -2.50. The van der Waals surface area contributed by atoms with E-state index in [0.29, 0.717) is 5.75 Å². The van der Waals surface area contributed by atoms with Gasteiger partial charge in [-0.05, 0) is 31.5 Å². The highest BCUT2D eigenvalue weighted by molar-refractivity contribution is 5.81. The molecule has 1 amide bonds. The summed E-state index contributed by atoms with van der Waals surface area (Å²) in [5.41, 5.74) is -0.0607. The van der Waals surface area contributed by atoms with Gasteiger partial charge in [0.1, 0.15) is 11.2 Å². The summed E-state index contributed by atoms with van der Waals surface area (Å²) in [7, 11) is 0. The van der Waals surface area contributed by atoms with Crippen LogP contribution in [0.15, 0.2) is 24.3 Å². The lowest BCUT2D eigenvalue weighted by atomic mass is 9.85. The summed E-state index contributed by atoms with van der Waals surface area (Å²) < 4.78 is 10.6. The highest BCUT2D eigenvalue weighted by Crippen LogP contribution is 2.28. The van der Waals surface area contributed by atoms with E-state index in [1.807, 2.05) is 25.1 Å². The number of benzene rings is 1. The van der Waals surface area contributed by atoms with Gasteiger partial charge in [0.15, 0.2) is 6.61 Å². The van der Waals surface area contributed by atoms with Crippen molar-refractivity contribution in [2.24, 2.45) is 5.41 Å². The number of nitrogens with one attached hydrogen (secondary N) is 1. The molecule has 2 unspecified atom stereocenters. The molecule has 2 N–H and O–H groups in total. The Morgan fingerprint density at radius 2 is 2.29 bits per heavy atom. The number of aliphatic carboxylic acids is 1. The number of ether oxygens (including phenoxy) is 2. The molecule has 6 nitrogen and oxygen atoms in total. The van der Waals surface area contributed by atoms with Crippen LogP contribution in [0.4, 0.5) is 0 Å². The van der Waals surface area contributed by atoms with Crippen LogP contribution in [0.3, 0.4) is 0 Å². The molecular formula is C15H19NO5. The minimum atomic E-state index is -1.10. The monoisotopic (exact) mass is 293 g/mol. The fraction of sp³-hybridized carbons (Fsp3) is 0.467. The maximum absolute atomic E-state index is 11.9. The zero-order valence-corrected chi connectivity index (χ0v) is 12.1. The van der Waals surface area contributed by atoms with Gasteiger partial charge >= 0.3 is 5.97 Å². The number of carbonyl (C=O) groups is 2. The van der Waals surface area contributed by atoms with E-state index in [2.05, 4.69) is 5.32 Å². The van der Waals surface area contributed by atoms with E-state index >= 15 is 0 Å². The molecule has 1 fully saturated rings. The van der Waals surface area contributed by atoms with Gasteiger partial charge in [-0.25, -0.2) is 0 Å². The molecule has 0 spiro atoms. The summed E-state index contributed by atoms with van der Waals surface area (Å²) in [5.74, 6) is -0.738. The van der Waals surface area contributed by atoms with Crippen LogP contribution in [0, 0.1) is 12.3 Å². The van der Waals surface area contributed by atoms with E-state index in [1.54, 1.807) is 13.0 Å². The fourth-order valence-electron chi connectivity index (χ4n) is 2.18. The van der Waals surface area contributed by atoms with Crippen LogP contribution < -0.4 is 10.1 Å². The molecule has 0 radical (unpaired) electrons. The first-order valence-corrected chi connectivity index (χ1v) is 6.72. The van der Waals surface area contributed by atoms with Gasteiger partial charge < -0.3 is 19.9 Å². The molecule has 1 aliphatic rings. The maximum atomic E-state index is 11.9. The number of carboxylic acids is 1. The first kappa shape index (κ1) is 15.3. The van der Waals surface area contributed by atoms with E-state index in [-0.39, 0.29) is 25.7 Å². The average Bonchev–Trinajstić information content (AvgIpc) is 2.79. The lowest BCUT2D eigenvalue weighted by molar-refractivity contribution is -0.149. The number of hydrogen-bond acceptors (Lipinski definition) is 4. The van der Waals surface area contributed by atoms with Gasteiger partial charge in [0.05, 0.1) is 19.3 Å². The van der Waals surface area contributed by atoms with Crippen molar-refractivity contribution in [3.8, 4) is 5.75 Å². The summed E-state index contributed by atoms with van der Waals surface area (Å²) in [6, 6.07) is 6.81. The topological polar surface area (TPSA) is 84.9 Å². The number of aryl methyl sites for hydroxylation is 1. The average molecular weight is 293 g/mol. The van der Waals surface area contributed by atoms with Gasteiger partial charge in [0.25, 0.3) is 5.91 Å². The van der Waals surface area contributed by atoms with Crippen LogP contribution in [0.1, 0.15) is 12.5 Å². The molecule has 0 saturated carbocycles. The highest BCUT2D eigenvalue weighted by Gasteiger charge is 2.47. The molecule has 0 aliphatic carbocycles. The smallest absolute Gasteiger partial charge is 0.313 e. The Bertz CT molecular complexity index is 545. The molecule has 21 heavy (non-hydrogen) atoms. The van der Waals surface area contributed by atoms with Gasteiger partial charge in [-0.15, -0.1) is 0 Å². The number of amides is 1. The van der Waals surface area contributed by atoms with Crippen molar-refractivity contribution in [2.45, 2.75) is 19.9 Å². The van der Waals surface area contributed by atoms with E-state index in [0.717, 1.165) is 5.56 Å². The van der Waals surface area contributed by atoms with Crippen molar-refractivity contribution in [2.75, 3.05) is 19.8 Å². The largest absolute Gasteiger partial charge is 0.484 e. The van der Waals surface area contributed by atoms with Crippen LogP contribution in [-0.2, 0) is 14.3 Å². The van der Waals surface area contributed by atoms with E-state index in [9.17, 15) is 14.7 Å². The van der Waals surface area contributed by atoms with Gasteiger partial charge in [0.2, 0.25) is 0 Å². The third-order valence-corrected chi connectivity index (χ3v) is 3.64. The highest BCUT2D eigenvalue weighted by atomic mass is 16.5. The van der Waals surface area contributed by atoms with Crippen LogP contribution in [0.25, 0.3) is 0 Å². The zero-order chi connectivity index (χ0) is 15.5. The molecule has 1 heterocycles. The standard InChI is InChI=1S/C15H19NO5/c1-10-4-3-5-11(6-10)21-8-13(17)16-12-7-20-9-15(12,2)14(18)19/h3-6,12H,7-9H2,1-2H3,(H,16,17)(H,18,19). The fourth-order valence-corrected chi connectivity index (χ4v) is 2.18. The summed E-state index contributed by atoms with van der Waals surface area (Å²) >= 11 is 0. The minimum absolute atomic E-state index is 0.0893. The first-order valence-electron chi connectivity index (χ1n) is 6.72. The summed E-state index contributed by atoms with van der Waals surface area (Å²) in [5, 5.41) is 11.9. The molecule has 0 bridgehead atoms. The van der Waals surface area contributed by atoms with Crippen molar-refractivity contribution < 1.29 is 24.2 Å². The van der Waals surface area contributed by atoms with Crippen LogP contribution >= 0.6 is 0 Å². The number of carbonyl (C=O) groups excluding carboxylic acids is 1. The van der Waals surface area contributed by atoms with Crippen molar-refractivity contribution in [1.29, 1.82) is 0 Å². The lowest BCUT2D eigenvalue weighted by Gasteiger charge is -2.25. The molecule has 1 saturated heterocycles. The molecular weight excluding hydrogens is 274 g/mol. The molecule has 2 rings (SSSR count). The Balaban J connectivity index is 1.89. The normalized spacial score (nSPS) is 24.6. The second-order valence-electron chi connectivity index (χ2n) is 5.46. The van der Waals surface area contributed by atoms with Gasteiger partial charge in [-0.3, -0.25) is 9.59 Å². The second kappa shape index (κ2) is 6.13. The van der Waals surface area contributed by atoms with Gasteiger partial charge in [-0.1, -0.05) is 12.1 Å². The number of carboxylic acid groups (broad SMARTS) is 1. The Kier molecular flexibility index (Phi) is 4.47. The zero-order valence-electron chi connectivity index (χ0n) is 12.1.